The molecule has 520 valence electrons. The number of rotatable bonds is 19. The smallest absolute Gasteiger partial charge is 0.265 e. The molecule has 0 atom stereocenters. The summed E-state index contributed by atoms with van der Waals surface area (Å²) in [4.78, 5) is 42.2. The molecule has 0 spiro atoms. The average molecular weight is 1410 g/mol. The van der Waals surface area contributed by atoms with Crippen LogP contribution in [0.1, 0.15) is 51.4 Å². The van der Waals surface area contributed by atoms with E-state index in [1.807, 2.05) is 140 Å². The van der Waals surface area contributed by atoms with Crippen molar-refractivity contribution in [3.8, 4) is 66.8 Å². The largest absolute Gasteiger partial charge is 0.383 e. The number of carbonyl (C=O) groups excluding carboxylic acids is 3. The molecule has 0 unspecified atom stereocenters. The normalized spacial score (nSPS) is 16.8. The van der Waals surface area contributed by atoms with Gasteiger partial charge in [0, 0.05) is 59.1 Å². The topological polar surface area (TPSA) is 275 Å². The van der Waals surface area contributed by atoms with Crippen LogP contribution in [-0.4, -0.2) is 148 Å². The monoisotopic (exact) mass is 1410 g/mol. The first kappa shape index (κ1) is 72.2. The molecule has 3 aliphatic heterocycles. The highest BCUT2D eigenvalue weighted by Crippen LogP contribution is 2.42. The molecule has 22 heteroatoms. The Hall–Kier alpha value is -9.04. The number of piperidine rings is 2. The van der Waals surface area contributed by atoms with Gasteiger partial charge >= 0.3 is 0 Å². The van der Waals surface area contributed by atoms with Gasteiger partial charge in [0.15, 0.2) is 43.8 Å². The maximum atomic E-state index is 13.7. The van der Waals surface area contributed by atoms with Crippen LogP contribution in [0.15, 0.2) is 251 Å². The van der Waals surface area contributed by atoms with E-state index < -0.39 is 61.5 Å². The Morgan fingerprint density at radius 2 is 0.620 bits per heavy atom. The van der Waals surface area contributed by atoms with Crippen molar-refractivity contribution < 1.29 is 64.7 Å². The van der Waals surface area contributed by atoms with Gasteiger partial charge in [-0.15, -0.1) is 0 Å². The molecule has 6 N–H and O–H groups in total. The molecule has 9 aromatic carbocycles. The van der Waals surface area contributed by atoms with Gasteiger partial charge in [-0.2, -0.15) is 0 Å². The summed E-state index contributed by atoms with van der Waals surface area (Å²) in [5, 5.41) is 27.9. The lowest BCUT2D eigenvalue weighted by molar-refractivity contribution is -0.134. The highest BCUT2D eigenvalue weighted by atomic mass is 32.2. The third-order valence-electron chi connectivity index (χ3n) is 19.8. The molecule has 1 saturated carbocycles. The summed E-state index contributed by atoms with van der Waals surface area (Å²) in [6, 6.07) is 74.7. The van der Waals surface area contributed by atoms with Crippen LogP contribution in [0.25, 0.3) is 66.8 Å². The fraction of sp³-hybridized carbons (Fsp3) is 0.269. The second-order valence-corrected chi connectivity index (χ2v) is 32.2. The fourth-order valence-electron chi connectivity index (χ4n) is 13.5. The molecule has 19 nitrogen and oxygen atoms in total. The third kappa shape index (κ3) is 15.2. The number of hydrogen-bond donors (Lipinski definition) is 6. The number of nitrogens with zero attached hydrogens (tertiary/aromatic N) is 2. The summed E-state index contributed by atoms with van der Waals surface area (Å²) < 4.78 is 86.5. The van der Waals surface area contributed by atoms with Crippen molar-refractivity contribution in [2.45, 2.75) is 86.3 Å². The predicted octanol–water partition coefficient (Wildman–Crippen LogP) is 11.9. The van der Waals surface area contributed by atoms with Gasteiger partial charge in [-0.05, 0) is 155 Å². The van der Waals surface area contributed by atoms with Crippen molar-refractivity contribution in [2.75, 3.05) is 59.7 Å². The van der Waals surface area contributed by atoms with Gasteiger partial charge in [-0.1, -0.05) is 200 Å². The molecule has 4 fully saturated rings. The van der Waals surface area contributed by atoms with Gasteiger partial charge in [-0.25, -0.2) is 41.7 Å². The zero-order valence-electron chi connectivity index (χ0n) is 55.4. The van der Waals surface area contributed by atoms with Crippen molar-refractivity contribution in [3.05, 3.63) is 237 Å². The molecule has 4 aliphatic rings. The Kier molecular flexibility index (Phi) is 22.9. The number of sulfone groups is 3. The molecule has 100 heavy (non-hydrogen) atoms. The SMILES string of the molecule is COCCN1CCC(C(=O)NO)(S(=O)(=O)c2ccc(-c3ccc(-c4ccccc4)cc3)cc2)CC1.O=C(NO)C1(S(=O)(=O)c2ccc(-c3ccc(-c4ccccc4)cc3)cc2)CCN(C2CC2)CC1.O=C(NO)C1(S(=O)(=O)c2ccc(-c3ccc(-c4ccccc4)cc3)cc2)CCOCC1. The molecule has 0 aromatic heterocycles. The minimum absolute atomic E-state index is 0.00950. The third-order valence-corrected chi connectivity index (χ3v) is 27.3. The Labute approximate surface area is 584 Å². The number of nitrogens with one attached hydrogen (secondary N) is 3. The average Bonchev–Trinajstić information content (AvgIpc) is 0.794. The molecule has 13 rings (SSSR count). The Morgan fingerprint density at radius 3 is 0.870 bits per heavy atom. The lowest BCUT2D eigenvalue weighted by Crippen LogP contribution is -2.58. The number of methoxy groups -OCH3 is 1. The fourth-order valence-corrected chi connectivity index (χ4v) is 19.4. The van der Waals surface area contributed by atoms with Crippen LogP contribution < -0.4 is 16.4 Å². The minimum Gasteiger partial charge on any atom is -0.383 e. The lowest BCUT2D eigenvalue weighted by Gasteiger charge is -2.39. The molecule has 3 saturated heterocycles. The molecular formula is C78H81N5O14S3. The number of amides is 3. The van der Waals surface area contributed by atoms with Crippen molar-refractivity contribution in [1.29, 1.82) is 0 Å². The summed E-state index contributed by atoms with van der Waals surface area (Å²) >= 11 is 0. The quantitative estimate of drug-likeness (QED) is 0.0324. The van der Waals surface area contributed by atoms with Gasteiger partial charge in [0.05, 0.1) is 21.3 Å². The van der Waals surface area contributed by atoms with Crippen molar-refractivity contribution in [3.63, 3.8) is 0 Å². The van der Waals surface area contributed by atoms with Gasteiger partial charge in [0.2, 0.25) is 0 Å². The summed E-state index contributed by atoms with van der Waals surface area (Å²) in [5.74, 6) is -2.65. The lowest BCUT2D eigenvalue weighted by atomic mass is 9.94. The molecule has 0 bridgehead atoms. The molecule has 1 aliphatic carbocycles. The Morgan fingerprint density at radius 1 is 0.380 bits per heavy atom. The zero-order valence-corrected chi connectivity index (χ0v) is 57.8. The van der Waals surface area contributed by atoms with E-state index in [2.05, 4.69) is 34.1 Å². The second kappa shape index (κ2) is 31.7. The Bertz CT molecular complexity index is 4590. The van der Waals surface area contributed by atoms with Crippen LogP contribution in [-0.2, 0) is 53.4 Å². The van der Waals surface area contributed by atoms with E-state index in [1.54, 1.807) is 78.7 Å². The van der Waals surface area contributed by atoms with Gasteiger partial charge in [0.1, 0.15) is 0 Å². The van der Waals surface area contributed by atoms with E-state index >= 15 is 0 Å². The number of hydrogen-bond acceptors (Lipinski definition) is 16. The van der Waals surface area contributed by atoms with E-state index in [-0.39, 0.29) is 66.4 Å². The number of benzene rings is 9. The van der Waals surface area contributed by atoms with Gasteiger partial charge in [0.25, 0.3) is 17.7 Å². The van der Waals surface area contributed by atoms with Crippen LogP contribution in [0.3, 0.4) is 0 Å². The van der Waals surface area contributed by atoms with Crippen molar-refractivity contribution in [1.82, 2.24) is 26.2 Å². The predicted molar refractivity (Wildman–Crippen MR) is 383 cm³/mol. The van der Waals surface area contributed by atoms with E-state index in [4.69, 9.17) is 14.7 Å². The van der Waals surface area contributed by atoms with E-state index in [1.165, 1.54) is 17.6 Å². The molecule has 9 aromatic rings. The summed E-state index contributed by atoms with van der Waals surface area (Å²) in [6.45, 7) is 3.36. The zero-order chi connectivity index (χ0) is 70.6. The molecule has 0 radical (unpaired) electrons. The number of hydroxylamine groups is 3. The Balaban J connectivity index is 0.000000152. The highest BCUT2D eigenvalue weighted by molar-refractivity contribution is 7.94. The summed E-state index contributed by atoms with van der Waals surface area (Å²) in [7, 11) is -10.5. The first-order valence-corrected chi connectivity index (χ1v) is 37.7. The molecular weight excluding hydrogens is 1330 g/mol. The van der Waals surface area contributed by atoms with Crippen molar-refractivity contribution >= 4 is 47.2 Å². The van der Waals surface area contributed by atoms with Crippen LogP contribution >= 0.6 is 0 Å². The standard InChI is InChI=1S/C27H30N2O5S.C27H28N2O4S.C24H23NO5S/c1-34-20-19-29-17-15-27(16-18-29,26(30)28-31)35(32,33)25-13-11-24(12-14-25)23-9-7-22(8-10-23)21-5-3-2-4-6-21;30-26(28-31)27(16-18-29(19-17-27)24-12-13-24)34(32,33)25-14-10-23(11-15-25)22-8-6-21(7-9-22)20-4-2-1-3-5-20;26-23(25-27)24(14-16-30-17-15-24)31(28,29)22-12-10-21(11-13-22)20-8-6-19(7-9-20)18-4-2-1-3-5-18/h2-14,31H,15-20H2,1H3,(H,28,30);1-11,14-15,24,31H,12-13,16-19H2,(H,28,30);1-13,27H,14-17H2,(H,25,26). The van der Waals surface area contributed by atoms with E-state index in [9.17, 15) is 50.1 Å². The second-order valence-electron chi connectivity index (χ2n) is 25.4. The summed E-state index contributed by atoms with van der Waals surface area (Å²) in [6.07, 6.45) is 2.75. The number of carbonyl (C=O) groups is 3. The van der Waals surface area contributed by atoms with Crippen LogP contribution in [0.5, 0.6) is 0 Å². The van der Waals surface area contributed by atoms with Crippen molar-refractivity contribution in [2.24, 2.45) is 0 Å². The maximum absolute atomic E-state index is 13.7. The number of likely N-dealkylation sites (tertiary alicyclic amines) is 2. The maximum Gasteiger partial charge on any atom is 0.265 e. The van der Waals surface area contributed by atoms with Crippen LogP contribution in [0.4, 0.5) is 0 Å². The summed E-state index contributed by atoms with van der Waals surface area (Å²) in [5.41, 5.74) is 17.0. The molecule has 3 amide bonds. The number of ether oxygens (including phenoxy) is 2. The highest BCUT2D eigenvalue weighted by Gasteiger charge is 2.56. The van der Waals surface area contributed by atoms with Crippen LogP contribution in [0.2, 0.25) is 0 Å². The first-order valence-electron chi connectivity index (χ1n) is 33.2. The minimum atomic E-state index is -4.05. The van der Waals surface area contributed by atoms with Gasteiger partial charge < -0.3 is 19.3 Å². The molecule has 3 heterocycles. The van der Waals surface area contributed by atoms with Gasteiger partial charge in [-0.3, -0.25) is 30.0 Å². The van der Waals surface area contributed by atoms with Crippen LogP contribution in [0, 0.1) is 0 Å². The van der Waals surface area contributed by atoms with E-state index in [0.717, 1.165) is 79.6 Å². The first-order chi connectivity index (χ1) is 48.3. The van der Waals surface area contributed by atoms with E-state index in [0.29, 0.717) is 45.4 Å².